The quantitative estimate of drug-likeness (QED) is 0.721. The van der Waals surface area contributed by atoms with E-state index in [0.717, 1.165) is 27.8 Å². The van der Waals surface area contributed by atoms with Crippen LogP contribution in [-0.2, 0) is 0 Å². The molecule has 0 saturated carbocycles. The number of rotatable bonds is 1. The van der Waals surface area contributed by atoms with Crippen LogP contribution < -0.4 is 4.74 Å². The molecular weight excluding hydrogens is 288 g/mol. The second-order valence-corrected chi connectivity index (χ2v) is 5.38. The molecule has 0 aromatic heterocycles. The van der Waals surface area contributed by atoms with Crippen LogP contribution in [0.2, 0.25) is 0 Å². The Morgan fingerprint density at radius 2 is 1.89 bits per heavy atom. The van der Waals surface area contributed by atoms with Crippen LogP contribution in [0.1, 0.15) is 23.7 Å². The van der Waals surface area contributed by atoms with Crippen molar-refractivity contribution in [1.82, 2.24) is 0 Å². The highest BCUT2D eigenvalue weighted by molar-refractivity contribution is 9.10. The smallest absolute Gasteiger partial charge is 0.128 e. The van der Waals surface area contributed by atoms with E-state index in [2.05, 4.69) is 40.7 Å². The Balaban J connectivity index is 1.97. The van der Waals surface area contributed by atoms with Gasteiger partial charge in [-0.25, -0.2) is 0 Å². The molecule has 0 fully saturated rings. The average molecular weight is 301 g/mol. The third-order valence-electron chi connectivity index (χ3n) is 3.19. The number of fused-ring (bicyclic) bond motifs is 1. The molecule has 0 N–H and O–H groups in total. The van der Waals surface area contributed by atoms with Crippen molar-refractivity contribution in [2.45, 2.75) is 12.5 Å². The minimum atomic E-state index is 0.0763. The van der Waals surface area contributed by atoms with Crippen LogP contribution in [0.4, 0.5) is 0 Å². The molecule has 0 aliphatic carbocycles. The summed E-state index contributed by atoms with van der Waals surface area (Å²) in [6.45, 7) is 4.17. The van der Waals surface area contributed by atoms with Crippen molar-refractivity contribution in [3.05, 3.63) is 70.7 Å². The molecule has 1 aliphatic rings. The molecule has 1 unspecified atom stereocenters. The minimum Gasteiger partial charge on any atom is -0.485 e. The molecule has 1 heterocycles. The second-order valence-electron chi connectivity index (χ2n) is 4.47. The van der Waals surface area contributed by atoms with Crippen LogP contribution in [0, 0.1) is 0 Å². The summed E-state index contributed by atoms with van der Waals surface area (Å²) in [5, 5.41) is 0. The lowest BCUT2D eigenvalue weighted by Crippen LogP contribution is -2.14. The SMILES string of the molecule is C=C1CC(c2ccccc2)Oc2ccc(Br)cc21. The predicted octanol–water partition coefficient (Wildman–Crippen LogP) is 4.99. The fourth-order valence-corrected chi connectivity index (χ4v) is 2.62. The maximum atomic E-state index is 6.06. The topological polar surface area (TPSA) is 9.23 Å². The lowest BCUT2D eigenvalue weighted by Gasteiger charge is -2.28. The standard InChI is InChI=1S/C16H13BrO/c1-11-9-16(12-5-3-2-4-6-12)18-15-8-7-13(17)10-14(11)15/h2-8,10,16H,1,9H2. The van der Waals surface area contributed by atoms with Gasteiger partial charge in [-0.15, -0.1) is 0 Å². The third kappa shape index (κ3) is 2.08. The normalized spacial score (nSPS) is 18.1. The Hall–Kier alpha value is -1.54. The molecule has 1 aliphatic heterocycles. The van der Waals surface area contributed by atoms with Crippen LogP contribution in [0.3, 0.4) is 0 Å². The van der Waals surface area contributed by atoms with Gasteiger partial charge in [-0.1, -0.05) is 52.8 Å². The summed E-state index contributed by atoms with van der Waals surface area (Å²) >= 11 is 3.48. The summed E-state index contributed by atoms with van der Waals surface area (Å²) in [4.78, 5) is 0. The maximum absolute atomic E-state index is 6.06. The molecule has 0 amide bonds. The summed E-state index contributed by atoms with van der Waals surface area (Å²) < 4.78 is 7.12. The lowest BCUT2D eigenvalue weighted by atomic mass is 9.94. The van der Waals surface area contributed by atoms with Gasteiger partial charge in [0.25, 0.3) is 0 Å². The van der Waals surface area contributed by atoms with Gasteiger partial charge in [-0.3, -0.25) is 0 Å². The molecule has 0 radical (unpaired) electrons. The zero-order valence-corrected chi connectivity index (χ0v) is 11.5. The molecule has 2 heteroatoms. The van der Waals surface area contributed by atoms with Gasteiger partial charge < -0.3 is 4.74 Å². The van der Waals surface area contributed by atoms with Gasteiger partial charge in [-0.05, 0) is 29.3 Å². The highest BCUT2D eigenvalue weighted by atomic mass is 79.9. The fraction of sp³-hybridized carbons (Fsp3) is 0.125. The molecule has 2 aromatic rings. The molecule has 0 spiro atoms. The van der Waals surface area contributed by atoms with E-state index < -0.39 is 0 Å². The number of hydrogen-bond donors (Lipinski definition) is 0. The number of halogens is 1. The highest BCUT2D eigenvalue weighted by Gasteiger charge is 2.23. The van der Waals surface area contributed by atoms with Crippen LogP contribution in [-0.4, -0.2) is 0 Å². The first-order valence-corrected chi connectivity index (χ1v) is 6.72. The van der Waals surface area contributed by atoms with Gasteiger partial charge >= 0.3 is 0 Å². The van der Waals surface area contributed by atoms with Gasteiger partial charge in [0.1, 0.15) is 11.9 Å². The third-order valence-corrected chi connectivity index (χ3v) is 3.69. The maximum Gasteiger partial charge on any atom is 0.128 e. The Kier molecular flexibility index (Phi) is 2.96. The predicted molar refractivity (Wildman–Crippen MR) is 77.6 cm³/mol. The number of ether oxygens (including phenoxy) is 1. The van der Waals surface area contributed by atoms with Crippen molar-refractivity contribution >= 4 is 21.5 Å². The first-order chi connectivity index (χ1) is 8.74. The fourth-order valence-electron chi connectivity index (χ4n) is 2.26. The van der Waals surface area contributed by atoms with E-state index in [1.165, 1.54) is 5.56 Å². The molecule has 90 valence electrons. The van der Waals surface area contributed by atoms with Crippen molar-refractivity contribution in [1.29, 1.82) is 0 Å². The van der Waals surface area contributed by atoms with Gasteiger partial charge in [-0.2, -0.15) is 0 Å². The van der Waals surface area contributed by atoms with Crippen molar-refractivity contribution in [2.24, 2.45) is 0 Å². The molecule has 18 heavy (non-hydrogen) atoms. The summed E-state index contributed by atoms with van der Waals surface area (Å²) in [6.07, 6.45) is 0.917. The van der Waals surface area contributed by atoms with E-state index in [0.29, 0.717) is 0 Å². The summed E-state index contributed by atoms with van der Waals surface area (Å²) in [7, 11) is 0. The van der Waals surface area contributed by atoms with E-state index in [1.807, 2.05) is 30.3 Å². The Morgan fingerprint density at radius 3 is 2.67 bits per heavy atom. The minimum absolute atomic E-state index is 0.0763. The van der Waals surface area contributed by atoms with Crippen LogP contribution >= 0.6 is 15.9 Å². The molecular formula is C16H13BrO. The van der Waals surface area contributed by atoms with Gasteiger partial charge in [0.05, 0.1) is 0 Å². The van der Waals surface area contributed by atoms with E-state index in [9.17, 15) is 0 Å². The Morgan fingerprint density at radius 1 is 1.11 bits per heavy atom. The lowest BCUT2D eigenvalue weighted by molar-refractivity contribution is 0.202. The van der Waals surface area contributed by atoms with Crippen molar-refractivity contribution < 1.29 is 4.74 Å². The summed E-state index contributed by atoms with van der Waals surface area (Å²) in [5.41, 5.74) is 3.44. The average Bonchev–Trinajstić information content (AvgIpc) is 2.40. The molecule has 0 bridgehead atoms. The van der Waals surface area contributed by atoms with Gasteiger partial charge in [0.2, 0.25) is 0 Å². The molecule has 0 saturated heterocycles. The van der Waals surface area contributed by atoms with Crippen LogP contribution in [0.5, 0.6) is 5.75 Å². The molecule has 1 nitrogen and oxygen atoms in total. The molecule has 3 rings (SSSR count). The van der Waals surface area contributed by atoms with E-state index in [4.69, 9.17) is 4.74 Å². The van der Waals surface area contributed by atoms with Crippen molar-refractivity contribution in [2.75, 3.05) is 0 Å². The first kappa shape index (κ1) is 11.5. The van der Waals surface area contributed by atoms with Crippen LogP contribution in [0.15, 0.2) is 59.6 Å². The zero-order valence-electron chi connectivity index (χ0n) is 9.90. The monoisotopic (exact) mass is 300 g/mol. The largest absolute Gasteiger partial charge is 0.485 e. The summed E-state index contributed by atoms with van der Waals surface area (Å²) in [6, 6.07) is 16.4. The van der Waals surface area contributed by atoms with E-state index in [-0.39, 0.29) is 6.10 Å². The molecule has 2 aromatic carbocycles. The molecule has 1 atom stereocenters. The second kappa shape index (κ2) is 4.62. The zero-order chi connectivity index (χ0) is 12.5. The summed E-state index contributed by atoms with van der Waals surface area (Å²) in [5.74, 6) is 0.920. The van der Waals surface area contributed by atoms with E-state index in [1.54, 1.807) is 0 Å². The van der Waals surface area contributed by atoms with Crippen molar-refractivity contribution in [3.63, 3.8) is 0 Å². The first-order valence-electron chi connectivity index (χ1n) is 5.93. The number of hydrogen-bond acceptors (Lipinski definition) is 1. The van der Waals surface area contributed by atoms with Crippen molar-refractivity contribution in [3.8, 4) is 5.75 Å². The Bertz CT molecular complexity index is 589. The Labute approximate surface area is 115 Å². The highest BCUT2D eigenvalue weighted by Crippen LogP contribution is 2.41. The van der Waals surface area contributed by atoms with E-state index >= 15 is 0 Å². The van der Waals surface area contributed by atoms with Crippen LogP contribution in [0.25, 0.3) is 5.57 Å². The number of benzene rings is 2. The van der Waals surface area contributed by atoms with Gasteiger partial charge in [0.15, 0.2) is 0 Å². The van der Waals surface area contributed by atoms with Gasteiger partial charge in [0, 0.05) is 16.5 Å².